The van der Waals surface area contributed by atoms with E-state index in [2.05, 4.69) is 13.8 Å². The van der Waals surface area contributed by atoms with Crippen molar-refractivity contribution in [1.29, 1.82) is 0 Å². The lowest BCUT2D eigenvalue weighted by Gasteiger charge is -2.34. The van der Waals surface area contributed by atoms with Gasteiger partial charge in [-0.1, -0.05) is 33.1 Å². The number of hydrogen-bond acceptors (Lipinski definition) is 1. The van der Waals surface area contributed by atoms with E-state index in [1.807, 2.05) is 0 Å². The Labute approximate surface area is 80.3 Å². The van der Waals surface area contributed by atoms with Crippen LogP contribution < -0.4 is 0 Å². The maximum atomic E-state index is 11.1. The van der Waals surface area contributed by atoms with Crippen LogP contribution in [0.25, 0.3) is 0 Å². The molecule has 1 N–H and O–H groups in total. The van der Waals surface area contributed by atoms with Crippen molar-refractivity contribution in [2.24, 2.45) is 17.8 Å². The van der Waals surface area contributed by atoms with E-state index >= 15 is 0 Å². The van der Waals surface area contributed by atoms with Crippen molar-refractivity contribution in [2.75, 3.05) is 0 Å². The van der Waals surface area contributed by atoms with Gasteiger partial charge in [-0.25, -0.2) is 0 Å². The Morgan fingerprint density at radius 3 is 2.00 bits per heavy atom. The Hall–Kier alpha value is -0.530. The number of aliphatic carboxylic acids is 1. The summed E-state index contributed by atoms with van der Waals surface area (Å²) < 4.78 is 0. The Bertz CT molecular complexity index is 165. The standard InChI is InChI=1S/C11H20O2/c1-3-8-6-5-7-9(4-2)10(8)11(12)13/h8-10H,3-7H2,1-2H3,(H,12,13). The van der Waals surface area contributed by atoms with Gasteiger partial charge < -0.3 is 5.11 Å². The molecule has 0 bridgehead atoms. The smallest absolute Gasteiger partial charge is 0.307 e. The maximum absolute atomic E-state index is 11.1. The van der Waals surface area contributed by atoms with Gasteiger partial charge in [-0.15, -0.1) is 0 Å². The quantitative estimate of drug-likeness (QED) is 0.732. The molecule has 76 valence electrons. The molecule has 1 saturated carbocycles. The summed E-state index contributed by atoms with van der Waals surface area (Å²) in [5.41, 5.74) is 0. The van der Waals surface area contributed by atoms with Crippen molar-refractivity contribution in [3.63, 3.8) is 0 Å². The zero-order valence-corrected chi connectivity index (χ0v) is 8.62. The van der Waals surface area contributed by atoms with Gasteiger partial charge in [0.15, 0.2) is 0 Å². The number of hydrogen-bond donors (Lipinski definition) is 1. The molecule has 1 aliphatic carbocycles. The van der Waals surface area contributed by atoms with Gasteiger partial charge in [0, 0.05) is 0 Å². The minimum Gasteiger partial charge on any atom is -0.481 e. The van der Waals surface area contributed by atoms with E-state index in [9.17, 15) is 4.79 Å². The average molecular weight is 184 g/mol. The van der Waals surface area contributed by atoms with Crippen LogP contribution in [0.3, 0.4) is 0 Å². The molecule has 13 heavy (non-hydrogen) atoms. The molecule has 1 rings (SSSR count). The molecule has 0 spiro atoms. The number of carbonyl (C=O) groups is 1. The van der Waals surface area contributed by atoms with Crippen LogP contribution >= 0.6 is 0 Å². The van der Waals surface area contributed by atoms with Gasteiger partial charge in [0.1, 0.15) is 0 Å². The van der Waals surface area contributed by atoms with E-state index in [0.717, 1.165) is 25.7 Å². The van der Waals surface area contributed by atoms with Crippen LogP contribution in [0.2, 0.25) is 0 Å². The summed E-state index contributed by atoms with van der Waals surface area (Å²) in [5, 5.41) is 9.14. The molecule has 0 heterocycles. The third-order valence-electron chi connectivity index (χ3n) is 3.50. The van der Waals surface area contributed by atoms with Gasteiger partial charge in [0.25, 0.3) is 0 Å². The third-order valence-corrected chi connectivity index (χ3v) is 3.50. The number of rotatable bonds is 3. The Balaban J connectivity index is 2.69. The van der Waals surface area contributed by atoms with Gasteiger partial charge in [0.05, 0.1) is 5.92 Å². The highest BCUT2D eigenvalue weighted by molar-refractivity contribution is 5.70. The second-order valence-electron chi connectivity index (χ2n) is 4.13. The summed E-state index contributed by atoms with van der Waals surface area (Å²) in [4.78, 5) is 11.1. The van der Waals surface area contributed by atoms with Crippen LogP contribution in [0.4, 0.5) is 0 Å². The van der Waals surface area contributed by atoms with Crippen molar-refractivity contribution in [2.45, 2.75) is 46.0 Å². The summed E-state index contributed by atoms with van der Waals surface area (Å²) >= 11 is 0. The van der Waals surface area contributed by atoms with Crippen LogP contribution in [-0.2, 0) is 4.79 Å². The lowest BCUT2D eigenvalue weighted by Crippen LogP contribution is -2.33. The molecule has 0 aromatic carbocycles. The fourth-order valence-corrected chi connectivity index (χ4v) is 2.71. The highest BCUT2D eigenvalue weighted by atomic mass is 16.4. The molecule has 2 atom stereocenters. The molecule has 0 aliphatic heterocycles. The van der Waals surface area contributed by atoms with Gasteiger partial charge in [-0.3, -0.25) is 4.79 Å². The van der Waals surface area contributed by atoms with E-state index in [4.69, 9.17) is 5.11 Å². The summed E-state index contributed by atoms with van der Waals surface area (Å²) in [6.07, 6.45) is 5.50. The molecular formula is C11H20O2. The van der Waals surface area contributed by atoms with Gasteiger partial charge in [-0.2, -0.15) is 0 Å². The molecule has 2 nitrogen and oxygen atoms in total. The van der Waals surface area contributed by atoms with E-state index in [1.165, 1.54) is 6.42 Å². The number of carboxylic acid groups (broad SMARTS) is 1. The summed E-state index contributed by atoms with van der Waals surface area (Å²) in [7, 11) is 0. The van der Waals surface area contributed by atoms with Crippen molar-refractivity contribution < 1.29 is 9.90 Å². The molecule has 0 saturated heterocycles. The third kappa shape index (κ3) is 2.23. The zero-order valence-electron chi connectivity index (χ0n) is 8.62. The van der Waals surface area contributed by atoms with Crippen molar-refractivity contribution in [3.05, 3.63) is 0 Å². The van der Waals surface area contributed by atoms with Crippen LogP contribution in [0.1, 0.15) is 46.0 Å². The van der Waals surface area contributed by atoms with Gasteiger partial charge in [0.2, 0.25) is 0 Å². The SMILES string of the molecule is CCC1CCCC(CC)C1C(=O)O. The van der Waals surface area contributed by atoms with Crippen LogP contribution in [0.5, 0.6) is 0 Å². The van der Waals surface area contributed by atoms with Crippen molar-refractivity contribution in [3.8, 4) is 0 Å². The second kappa shape index (κ2) is 4.64. The Kier molecular flexibility index (Phi) is 3.76. The molecule has 0 aromatic heterocycles. The predicted octanol–water partition coefficient (Wildman–Crippen LogP) is 2.92. The van der Waals surface area contributed by atoms with Gasteiger partial charge >= 0.3 is 5.97 Å². The minimum atomic E-state index is -0.571. The normalized spacial score (nSPS) is 34.5. The van der Waals surface area contributed by atoms with Gasteiger partial charge in [-0.05, 0) is 24.7 Å². The zero-order chi connectivity index (χ0) is 9.84. The molecule has 1 fully saturated rings. The van der Waals surface area contributed by atoms with E-state index in [1.54, 1.807) is 0 Å². The van der Waals surface area contributed by atoms with Crippen molar-refractivity contribution in [1.82, 2.24) is 0 Å². The molecule has 0 aromatic rings. The fourth-order valence-electron chi connectivity index (χ4n) is 2.71. The van der Waals surface area contributed by atoms with E-state index in [-0.39, 0.29) is 5.92 Å². The number of carboxylic acids is 1. The van der Waals surface area contributed by atoms with E-state index in [0.29, 0.717) is 11.8 Å². The first-order valence-corrected chi connectivity index (χ1v) is 5.43. The molecule has 2 heteroatoms. The molecule has 0 radical (unpaired) electrons. The van der Waals surface area contributed by atoms with Crippen molar-refractivity contribution >= 4 is 5.97 Å². The first kappa shape index (κ1) is 10.6. The first-order valence-electron chi connectivity index (χ1n) is 5.43. The topological polar surface area (TPSA) is 37.3 Å². The fraction of sp³-hybridized carbons (Fsp3) is 0.909. The molecule has 1 aliphatic rings. The summed E-state index contributed by atoms with van der Waals surface area (Å²) in [5.74, 6) is 0.217. The second-order valence-corrected chi connectivity index (χ2v) is 4.13. The average Bonchev–Trinajstić information content (AvgIpc) is 2.16. The highest BCUT2D eigenvalue weighted by Crippen LogP contribution is 2.38. The van der Waals surface area contributed by atoms with E-state index < -0.39 is 5.97 Å². The maximum Gasteiger partial charge on any atom is 0.307 e. The first-order chi connectivity index (χ1) is 6.20. The largest absolute Gasteiger partial charge is 0.481 e. The monoisotopic (exact) mass is 184 g/mol. The Morgan fingerprint density at radius 2 is 1.69 bits per heavy atom. The molecular weight excluding hydrogens is 164 g/mol. The van der Waals surface area contributed by atoms with Crippen LogP contribution in [0.15, 0.2) is 0 Å². The van der Waals surface area contributed by atoms with Crippen LogP contribution in [-0.4, -0.2) is 11.1 Å². The lowest BCUT2D eigenvalue weighted by atomic mass is 9.70. The molecule has 2 unspecified atom stereocenters. The lowest BCUT2D eigenvalue weighted by molar-refractivity contribution is -0.147. The summed E-state index contributed by atoms with van der Waals surface area (Å²) in [6, 6.07) is 0. The predicted molar refractivity (Wildman–Crippen MR) is 52.5 cm³/mol. The highest BCUT2D eigenvalue weighted by Gasteiger charge is 2.36. The summed E-state index contributed by atoms with van der Waals surface area (Å²) in [6.45, 7) is 4.22. The minimum absolute atomic E-state index is 0.0660. The Morgan fingerprint density at radius 1 is 1.23 bits per heavy atom. The van der Waals surface area contributed by atoms with Crippen LogP contribution in [0, 0.1) is 17.8 Å². The molecule has 0 amide bonds.